The van der Waals surface area contributed by atoms with Gasteiger partial charge in [0.1, 0.15) is 28.6 Å². The lowest BCUT2D eigenvalue weighted by Gasteiger charge is -2.18. The highest BCUT2D eigenvalue weighted by Gasteiger charge is 2.19. The summed E-state index contributed by atoms with van der Waals surface area (Å²) in [6.07, 6.45) is 3.99. The minimum Gasteiger partial charge on any atom is -0.493 e. The summed E-state index contributed by atoms with van der Waals surface area (Å²) in [4.78, 5) is 10.0. The van der Waals surface area contributed by atoms with Crippen molar-refractivity contribution in [1.82, 2.24) is 19.4 Å². The number of benzene rings is 3. The third-order valence-corrected chi connectivity index (χ3v) is 9.04. The van der Waals surface area contributed by atoms with E-state index in [9.17, 15) is 0 Å². The minimum absolute atomic E-state index is 0.451. The van der Waals surface area contributed by atoms with E-state index in [-0.39, 0.29) is 0 Å². The number of hydrogen-bond acceptors (Lipinski definition) is 6. The summed E-state index contributed by atoms with van der Waals surface area (Å²) >= 11 is 12.4. The molecule has 1 heterocycles. The molecule has 0 spiro atoms. The van der Waals surface area contributed by atoms with E-state index in [0.717, 1.165) is 105 Å². The Morgan fingerprint density at radius 1 is 0.696 bits per heavy atom. The molecular weight excluding hydrogens is 619 g/mol. The van der Waals surface area contributed by atoms with Gasteiger partial charge in [0.2, 0.25) is 0 Å². The molecule has 0 amide bonds. The fraction of sp³-hybridized carbons (Fsp3) is 0.486. The Bertz CT molecular complexity index is 1520. The van der Waals surface area contributed by atoms with Crippen molar-refractivity contribution in [3.8, 4) is 34.4 Å². The molecule has 3 aromatic carbocycles. The molecule has 0 aliphatic heterocycles. The van der Waals surface area contributed by atoms with E-state index >= 15 is 0 Å². The average molecular weight is 670 g/mol. The average Bonchev–Trinajstić information content (AvgIpc) is 3.44. The lowest BCUT2D eigenvalue weighted by atomic mass is 10.2. The summed E-state index contributed by atoms with van der Waals surface area (Å²) in [6.45, 7) is 19.3. The van der Waals surface area contributed by atoms with Crippen LogP contribution in [0.4, 0.5) is 0 Å². The second-order valence-electron chi connectivity index (χ2n) is 11.4. The monoisotopic (exact) mass is 668 g/mol. The molecule has 0 fully saturated rings. The van der Waals surface area contributed by atoms with E-state index in [1.165, 1.54) is 0 Å². The van der Waals surface area contributed by atoms with Crippen LogP contribution in [0.3, 0.4) is 0 Å². The fourth-order valence-corrected chi connectivity index (χ4v) is 5.81. The first-order valence-corrected chi connectivity index (χ1v) is 17.6. The van der Waals surface area contributed by atoms with E-state index in [0.29, 0.717) is 34.8 Å². The Hall–Kier alpha value is -2.97. The molecule has 0 saturated heterocycles. The van der Waals surface area contributed by atoms with E-state index in [1.807, 2.05) is 30.3 Å². The molecule has 0 aliphatic carbocycles. The summed E-state index contributed by atoms with van der Waals surface area (Å²) in [5, 5.41) is 0.943. The van der Waals surface area contributed by atoms with Crippen molar-refractivity contribution >= 4 is 34.2 Å². The van der Waals surface area contributed by atoms with Crippen molar-refractivity contribution in [2.45, 2.75) is 66.8 Å². The molecule has 0 bridgehead atoms. The molecule has 7 nitrogen and oxygen atoms in total. The number of halogens is 2. The number of hydrogen-bond donors (Lipinski definition) is 0. The topological polar surface area (TPSA) is 52.0 Å². The van der Waals surface area contributed by atoms with Crippen LogP contribution in [0.5, 0.6) is 23.0 Å². The van der Waals surface area contributed by atoms with E-state index < -0.39 is 0 Å². The summed E-state index contributed by atoms with van der Waals surface area (Å²) in [7, 11) is 0. The molecule has 4 rings (SSSR count). The highest BCUT2D eigenvalue weighted by molar-refractivity contribution is 6.42. The first-order valence-electron chi connectivity index (χ1n) is 16.9. The maximum Gasteiger partial charge on any atom is 0.150 e. The molecule has 46 heavy (non-hydrogen) atoms. The van der Waals surface area contributed by atoms with Gasteiger partial charge in [-0.05, 0) is 69.7 Å². The minimum atomic E-state index is 0.451. The largest absolute Gasteiger partial charge is 0.493 e. The molecule has 0 N–H and O–H groups in total. The van der Waals surface area contributed by atoms with Crippen molar-refractivity contribution in [3.63, 3.8) is 0 Å². The highest BCUT2D eigenvalue weighted by atomic mass is 35.5. The zero-order valence-corrected chi connectivity index (χ0v) is 29.7. The summed E-state index contributed by atoms with van der Waals surface area (Å²) in [5.41, 5.74) is 2.82. The van der Waals surface area contributed by atoms with Crippen molar-refractivity contribution in [3.05, 3.63) is 64.6 Å². The Balaban J connectivity index is 1.68. The molecule has 9 heteroatoms. The van der Waals surface area contributed by atoms with Gasteiger partial charge in [-0.15, -0.1) is 0 Å². The third kappa shape index (κ3) is 9.77. The van der Waals surface area contributed by atoms with Gasteiger partial charge in [0, 0.05) is 43.4 Å². The molecule has 0 saturated carbocycles. The predicted octanol–water partition coefficient (Wildman–Crippen LogP) is 9.82. The van der Waals surface area contributed by atoms with Crippen LogP contribution >= 0.6 is 23.2 Å². The summed E-state index contributed by atoms with van der Waals surface area (Å²) < 4.78 is 21.3. The van der Waals surface area contributed by atoms with Crippen LogP contribution < -0.4 is 14.2 Å². The lowest BCUT2D eigenvalue weighted by molar-refractivity contribution is 0.243. The van der Waals surface area contributed by atoms with Crippen molar-refractivity contribution in [2.24, 2.45) is 0 Å². The van der Waals surface area contributed by atoms with Crippen LogP contribution in [-0.2, 0) is 6.54 Å². The number of aromatic nitrogens is 2. The van der Waals surface area contributed by atoms with Gasteiger partial charge in [-0.3, -0.25) is 0 Å². The smallest absolute Gasteiger partial charge is 0.150 e. The maximum absolute atomic E-state index is 6.47. The standard InChI is InChI=1S/C37H50Cl2N4O3/c1-6-11-21-43-34-26-31(44-22-13-19-41(7-2)8-3)27-35(45-23-14-20-42(9-4)10-5)36(34)40-37(43)28-15-12-16-29(24-28)46-30-17-18-32(38)33(39)25-30/h12,15-18,24-27H,6-11,13-14,19-23H2,1-5H3. The third-order valence-electron chi connectivity index (χ3n) is 8.30. The van der Waals surface area contributed by atoms with Crippen LogP contribution in [0.2, 0.25) is 10.0 Å². The molecule has 0 unspecified atom stereocenters. The number of ether oxygens (including phenoxy) is 3. The number of imidazole rings is 1. The zero-order valence-electron chi connectivity index (χ0n) is 28.2. The van der Waals surface area contributed by atoms with Crippen molar-refractivity contribution < 1.29 is 14.2 Å². The van der Waals surface area contributed by atoms with Gasteiger partial charge in [0.05, 0.1) is 28.8 Å². The number of fused-ring (bicyclic) bond motifs is 1. The van der Waals surface area contributed by atoms with Crippen LogP contribution in [0.1, 0.15) is 60.3 Å². The number of rotatable bonds is 20. The Morgan fingerprint density at radius 2 is 1.37 bits per heavy atom. The first kappa shape index (κ1) is 35.9. The van der Waals surface area contributed by atoms with Gasteiger partial charge in [-0.25, -0.2) is 4.98 Å². The number of nitrogens with zero attached hydrogens (tertiary/aromatic N) is 4. The van der Waals surface area contributed by atoms with Crippen LogP contribution in [0.15, 0.2) is 54.6 Å². The number of aryl methyl sites for hydroxylation is 1. The van der Waals surface area contributed by atoms with E-state index in [2.05, 4.69) is 61.1 Å². The molecule has 1 aromatic heterocycles. The quantitative estimate of drug-likeness (QED) is 0.0874. The Morgan fingerprint density at radius 3 is 2.02 bits per heavy atom. The van der Waals surface area contributed by atoms with Gasteiger partial charge >= 0.3 is 0 Å². The Labute approximate surface area is 285 Å². The van der Waals surface area contributed by atoms with Gasteiger partial charge < -0.3 is 28.6 Å². The molecule has 0 radical (unpaired) electrons. The Kier molecular flexibility index (Phi) is 14.3. The number of unbranched alkanes of at least 4 members (excludes halogenated alkanes) is 1. The van der Waals surface area contributed by atoms with Gasteiger partial charge in [0.15, 0.2) is 5.75 Å². The van der Waals surface area contributed by atoms with Crippen LogP contribution in [0, 0.1) is 0 Å². The molecule has 250 valence electrons. The van der Waals surface area contributed by atoms with Crippen LogP contribution in [-0.4, -0.2) is 71.8 Å². The lowest BCUT2D eigenvalue weighted by Crippen LogP contribution is -2.25. The second kappa shape index (κ2) is 18.4. The predicted molar refractivity (Wildman–Crippen MR) is 192 cm³/mol. The summed E-state index contributed by atoms with van der Waals surface area (Å²) in [6, 6.07) is 17.4. The highest BCUT2D eigenvalue weighted by Crippen LogP contribution is 2.37. The van der Waals surface area contributed by atoms with Gasteiger partial charge in [-0.1, -0.05) is 76.4 Å². The van der Waals surface area contributed by atoms with Crippen molar-refractivity contribution in [2.75, 3.05) is 52.5 Å². The summed E-state index contributed by atoms with van der Waals surface area (Å²) in [5.74, 6) is 3.75. The maximum atomic E-state index is 6.47. The molecule has 4 aromatic rings. The van der Waals surface area contributed by atoms with Crippen LogP contribution in [0.25, 0.3) is 22.4 Å². The molecule has 0 aliphatic rings. The fourth-order valence-electron chi connectivity index (χ4n) is 5.53. The van der Waals surface area contributed by atoms with Gasteiger partial charge in [-0.2, -0.15) is 0 Å². The second-order valence-corrected chi connectivity index (χ2v) is 12.2. The molecule has 0 atom stereocenters. The first-order chi connectivity index (χ1) is 22.4. The van der Waals surface area contributed by atoms with Gasteiger partial charge in [0.25, 0.3) is 0 Å². The molecular formula is C37H50Cl2N4O3. The van der Waals surface area contributed by atoms with E-state index in [1.54, 1.807) is 12.1 Å². The normalized spacial score (nSPS) is 11.6. The zero-order chi connectivity index (χ0) is 32.9. The SMILES string of the molecule is CCCCn1c(-c2cccc(Oc3ccc(Cl)c(Cl)c3)c2)nc2c(OCCCN(CC)CC)cc(OCCCN(CC)CC)cc21. The van der Waals surface area contributed by atoms with E-state index in [4.69, 9.17) is 42.4 Å². The van der Waals surface area contributed by atoms with Crippen molar-refractivity contribution in [1.29, 1.82) is 0 Å².